The van der Waals surface area contributed by atoms with Crippen LogP contribution in [-0.2, 0) is 0 Å². The van der Waals surface area contributed by atoms with Crippen LogP contribution in [0.1, 0.15) is 20.3 Å². The minimum Gasteiger partial charge on any atom is -0.316 e. The van der Waals surface area contributed by atoms with Crippen molar-refractivity contribution in [2.45, 2.75) is 26.3 Å². The van der Waals surface area contributed by atoms with Gasteiger partial charge in [-0.15, -0.1) is 0 Å². The minimum atomic E-state index is 0.657. The fourth-order valence-corrected chi connectivity index (χ4v) is 0.930. The first kappa shape index (κ1) is 9.92. The summed E-state index contributed by atoms with van der Waals surface area (Å²) in [5.41, 5.74) is 0. The highest BCUT2D eigenvalue weighted by Gasteiger charge is 2.03. The van der Waals surface area contributed by atoms with Gasteiger partial charge in [-0.2, -0.15) is 0 Å². The first-order chi connectivity index (χ1) is 4.74. The van der Waals surface area contributed by atoms with E-state index in [0.29, 0.717) is 6.04 Å². The number of hydrogen-bond acceptors (Lipinski definition) is 2. The molecule has 0 rings (SSSR count). The molecule has 0 amide bonds. The van der Waals surface area contributed by atoms with Crippen LogP contribution in [0.25, 0.3) is 0 Å². The van der Waals surface area contributed by atoms with Gasteiger partial charge in [-0.1, -0.05) is 13.8 Å². The summed E-state index contributed by atoms with van der Waals surface area (Å²) >= 11 is 0. The molecule has 1 atom stereocenters. The Morgan fingerprint density at radius 1 is 1.40 bits per heavy atom. The lowest BCUT2D eigenvalue weighted by molar-refractivity contribution is 0.304. The van der Waals surface area contributed by atoms with E-state index in [-0.39, 0.29) is 0 Å². The number of likely N-dealkylation sites (N-methyl/N-ethyl adjacent to an activating group) is 2. The van der Waals surface area contributed by atoms with E-state index in [1.54, 1.807) is 0 Å². The average molecular weight is 144 g/mol. The Labute approximate surface area is 64.6 Å². The lowest BCUT2D eigenvalue weighted by atomic mass is 10.2. The molecule has 2 nitrogen and oxygen atoms in total. The summed E-state index contributed by atoms with van der Waals surface area (Å²) in [6.45, 7) is 6.69. The Kier molecular flexibility index (Phi) is 5.64. The second kappa shape index (κ2) is 5.69. The molecule has 0 aliphatic heterocycles. The normalized spacial score (nSPS) is 14.1. The van der Waals surface area contributed by atoms with Crippen LogP contribution in [0, 0.1) is 0 Å². The van der Waals surface area contributed by atoms with Gasteiger partial charge in [-0.05, 0) is 27.1 Å². The highest BCUT2D eigenvalue weighted by Crippen LogP contribution is 1.92. The van der Waals surface area contributed by atoms with Crippen molar-refractivity contribution in [1.82, 2.24) is 10.2 Å². The van der Waals surface area contributed by atoms with Crippen LogP contribution in [0.3, 0.4) is 0 Å². The van der Waals surface area contributed by atoms with Crippen molar-refractivity contribution in [3.8, 4) is 0 Å². The minimum absolute atomic E-state index is 0.657. The fourth-order valence-electron chi connectivity index (χ4n) is 0.930. The standard InChI is InChI=1S/C8H20N2/c1-5-8(9-3)7-10(4)6-2/h8-9H,5-7H2,1-4H3. The van der Waals surface area contributed by atoms with E-state index in [1.165, 1.54) is 6.42 Å². The van der Waals surface area contributed by atoms with Gasteiger partial charge in [0, 0.05) is 12.6 Å². The van der Waals surface area contributed by atoms with Gasteiger partial charge in [-0.3, -0.25) is 0 Å². The Hall–Kier alpha value is -0.0800. The number of nitrogens with one attached hydrogen (secondary N) is 1. The molecule has 0 radical (unpaired) electrons. The Bertz CT molecular complexity index is 69.7. The van der Waals surface area contributed by atoms with E-state index < -0.39 is 0 Å². The van der Waals surface area contributed by atoms with Crippen molar-refractivity contribution in [1.29, 1.82) is 0 Å². The number of rotatable bonds is 5. The monoisotopic (exact) mass is 144 g/mol. The predicted molar refractivity (Wildman–Crippen MR) is 46.3 cm³/mol. The largest absolute Gasteiger partial charge is 0.316 e. The maximum Gasteiger partial charge on any atom is 0.0189 e. The summed E-state index contributed by atoms with van der Waals surface area (Å²) in [5, 5.41) is 3.28. The SMILES string of the molecule is CCC(CN(C)CC)NC. The van der Waals surface area contributed by atoms with Crippen LogP contribution in [0.15, 0.2) is 0 Å². The van der Waals surface area contributed by atoms with Gasteiger partial charge >= 0.3 is 0 Å². The molecule has 0 aromatic heterocycles. The molecule has 0 aromatic carbocycles. The fraction of sp³-hybridized carbons (Fsp3) is 1.00. The maximum atomic E-state index is 3.28. The van der Waals surface area contributed by atoms with Crippen LogP contribution >= 0.6 is 0 Å². The van der Waals surface area contributed by atoms with Crippen LogP contribution in [0.5, 0.6) is 0 Å². The van der Waals surface area contributed by atoms with Crippen molar-refractivity contribution in [3.05, 3.63) is 0 Å². The molecule has 0 heterocycles. The Morgan fingerprint density at radius 3 is 2.30 bits per heavy atom. The number of hydrogen-bond donors (Lipinski definition) is 1. The lowest BCUT2D eigenvalue weighted by Gasteiger charge is -2.20. The van der Waals surface area contributed by atoms with Crippen LogP contribution in [-0.4, -0.2) is 38.1 Å². The third-order valence-electron chi connectivity index (χ3n) is 1.97. The number of nitrogens with zero attached hydrogens (tertiary/aromatic N) is 1. The van der Waals surface area contributed by atoms with Gasteiger partial charge in [0.15, 0.2) is 0 Å². The highest BCUT2D eigenvalue weighted by atomic mass is 15.1. The van der Waals surface area contributed by atoms with Crippen LogP contribution in [0.2, 0.25) is 0 Å². The van der Waals surface area contributed by atoms with Crippen molar-refractivity contribution in [2.75, 3.05) is 27.2 Å². The first-order valence-corrected chi connectivity index (χ1v) is 4.10. The van der Waals surface area contributed by atoms with Crippen molar-refractivity contribution in [2.24, 2.45) is 0 Å². The lowest BCUT2D eigenvalue weighted by Crippen LogP contribution is -2.36. The van der Waals surface area contributed by atoms with E-state index >= 15 is 0 Å². The van der Waals surface area contributed by atoms with Gasteiger partial charge in [0.1, 0.15) is 0 Å². The quantitative estimate of drug-likeness (QED) is 0.617. The summed E-state index contributed by atoms with van der Waals surface area (Å²) in [6, 6.07) is 0.657. The average Bonchev–Trinajstić information content (AvgIpc) is 1.99. The van der Waals surface area contributed by atoms with Crippen molar-refractivity contribution >= 4 is 0 Å². The van der Waals surface area contributed by atoms with E-state index in [1.807, 2.05) is 7.05 Å². The zero-order valence-electron chi connectivity index (χ0n) is 7.65. The van der Waals surface area contributed by atoms with E-state index in [4.69, 9.17) is 0 Å². The second-order valence-corrected chi connectivity index (χ2v) is 2.75. The molecule has 0 saturated carbocycles. The highest BCUT2D eigenvalue weighted by molar-refractivity contribution is 4.65. The molecule has 10 heavy (non-hydrogen) atoms. The third-order valence-corrected chi connectivity index (χ3v) is 1.97. The molecule has 0 aliphatic rings. The molecular formula is C8H20N2. The van der Waals surface area contributed by atoms with Gasteiger partial charge < -0.3 is 10.2 Å². The zero-order chi connectivity index (χ0) is 7.98. The van der Waals surface area contributed by atoms with Crippen LogP contribution < -0.4 is 5.32 Å². The topological polar surface area (TPSA) is 15.3 Å². The summed E-state index contributed by atoms with van der Waals surface area (Å²) in [7, 11) is 4.18. The summed E-state index contributed by atoms with van der Waals surface area (Å²) in [4.78, 5) is 2.32. The third kappa shape index (κ3) is 3.85. The maximum absolute atomic E-state index is 3.28. The van der Waals surface area contributed by atoms with E-state index in [0.717, 1.165) is 13.1 Å². The Balaban J connectivity index is 3.41. The van der Waals surface area contributed by atoms with Crippen LogP contribution in [0.4, 0.5) is 0 Å². The van der Waals surface area contributed by atoms with Gasteiger partial charge in [0.05, 0.1) is 0 Å². The summed E-state index contributed by atoms with van der Waals surface area (Å²) in [5.74, 6) is 0. The van der Waals surface area contributed by atoms with E-state index in [9.17, 15) is 0 Å². The molecule has 1 N–H and O–H groups in total. The molecule has 0 saturated heterocycles. The summed E-state index contributed by atoms with van der Waals surface area (Å²) < 4.78 is 0. The van der Waals surface area contributed by atoms with Gasteiger partial charge in [0.2, 0.25) is 0 Å². The summed E-state index contributed by atoms with van der Waals surface area (Å²) in [6.07, 6.45) is 1.21. The van der Waals surface area contributed by atoms with Crippen molar-refractivity contribution < 1.29 is 0 Å². The smallest absolute Gasteiger partial charge is 0.0189 e. The van der Waals surface area contributed by atoms with E-state index in [2.05, 4.69) is 31.1 Å². The van der Waals surface area contributed by atoms with Crippen molar-refractivity contribution in [3.63, 3.8) is 0 Å². The molecule has 0 aromatic rings. The predicted octanol–water partition coefficient (Wildman–Crippen LogP) is 0.936. The molecule has 0 bridgehead atoms. The molecule has 0 aliphatic carbocycles. The van der Waals surface area contributed by atoms with Gasteiger partial charge in [0.25, 0.3) is 0 Å². The Morgan fingerprint density at radius 2 is 2.00 bits per heavy atom. The second-order valence-electron chi connectivity index (χ2n) is 2.75. The molecule has 0 spiro atoms. The van der Waals surface area contributed by atoms with Gasteiger partial charge in [-0.25, -0.2) is 0 Å². The molecule has 0 fully saturated rings. The molecule has 2 heteroatoms. The molecule has 1 unspecified atom stereocenters. The molecular weight excluding hydrogens is 124 g/mol. The zero-order valence-corrected chi connectivity index (χ0v) is 7.65. The first-order valence-electron chi connectivity index (χ1n) is 4.10. The molecule has 62 valence electrons.